The third-order valence-corrected chi connectivity index (χ3v) is 3.37. The van der Waals surface area contributed by atoms with E-state index in [0.717, 1.165) is 18.7 Å². The Kier molecular flexibility index (Phi) is 4.44. The van der Waals surface area contributed by atoms with Crippen LogP contribution in [0.4, 0.5) is 0 Å². The predicted octanol–water partition coefficient (Wildman–Crippen LogP) is 1.86. The van der Waals surface area contributed by atoms with Crippen LogP contribution in [0.25, 0.3) is 0 Å². The molecule has 1 aliphatic rings. The number of hydrogen-bond donors (Lipinski definition) is 2. The average molecular weight is 246 g/mol. The molecule has 2 heterocycles. The van der Waals surface area contributed by atoms with Crippen molar-refractivity contribution < 1.29 is 0 Å². The molecule has 0 radical (unpaired) electrons. The maximum Gasteiger partial charge on any atom is 0.141 e. The highest BCUT2D eigenvalue weighted by Gasteiger charge is 2.25. The predicted molar refractivity (Wildman–Crippen MR) is 72.8 cm³/mol. The fraction of sp³-hybridized carbons (Fsp3) is 0.571. The topological polar surface area (TPSA) is 49.8 Å². The smallest absolute Gasteiger partial charge is 0.141 e. The molecule has 4 heteroatoms. The number of aromatic nitrogens is 2. The molecule has 0 aromatic carbocycles. The van der Waals surface area contributed by atoms with Crippen LogP contribution in [0.1, 0.15) is 32.5 Å². The van der Waals surface area contributed by atoms with Gasteiger partial charge in [0.05, 0.1) is 12.7 Å². The van der Waals surface area contributed by atoms with Gasteiger partial charge < -0.3 is 0 Å². The van der Waals surface area contributed by atoms with Crippen LogP contribution in [0.5, 0.6) is 0 Å². The van der Waals surface area contributed by atoms with Crippen LogP contribution in [0.2, 0.25) is 0 Å². The first-order chi connectivity index (χ1) is 8.66. The first-order valence-corrected chi connectivity index (χ1v) is 6.60. The molecule has 4 nitrogen and oxygen atoms in total. The van der Waals surface area contributed by atoms with Gasteiger partial charge in [-0.1, -0.05) is 26.0 Å². The van der Waals surface area contributed by atoms with Crippen LogP contribution < -0.4 is 10.6 Å². The normalized spacial score (nSPS) is 24.5. The molecular weight excluding hydrogens is 224 g/mol. The van der Waals surface area contributed by atoms with Gasteiger partial charge in [0.15, 0.2) is 0 Å². The van der Waals surface area contributed by atoms with Gasteiger partial charge in [0, 0.05) is 18.4 Å². The summed E-state index contributed by atoms with van der Waals surface area (Å²) in [5.74, 6) is 1.42. The highest BCUT2D eigenvalue weighted by atomic mass is 15.2. The van der Waals surface area contributed by atoms with Gasteiger partial charge in [-0.2, -0.15) is 0 Å². The molecule has 1 aliphatic heterocycles. The largest absolute Gasteiger partial charge is 0.295 e. The average Bonchev–Trinajstić information content (AvgIpc) is 2.38. The van der Waals surface area contributed by atoms with E-state index in [4.69, 9.17) is 0 Å². The van der Waals surface area contributed by atoms with Crippen molar-refractivity contribution in [3.05, 3.63) is 36.4 Å². The summed E-state index contributed by atoms with van der Waals surface area (Å²) in [7, 11) is 0. The molecule has 1 aromatic rings. The number of rotatable bonds is 4. The third-order valence-electron chi connectivity index (χ3n) is 3.37. The van der Waals surface area contributed by atoms with E-state index in [2.05, 4.69) is 41.0 Å². The second kappa shape index (κ2) is 6.07. The van der Waals surface area contributed by atoms with Crippen LogP contribution in [-0.2, 0) is 6.54 Å². The fourth-order valence-electron chi connectivity index (χ4n) is 2.36. The molecule has 2 N–H and O–H groups in total. The third kappa shape index (κ3) is 3.37. The van der Waals surface area contributed by atoms with Crippen molar-refractivity contribution in [2.24, 2.45) is 5.92 Å². The molecule has 0 spiro atoms. The SMILES string of the molecule is C=C1CCC(NCc2ncccn2)NC1C(C)C. The van der Waals surface area contributed by atoms with E-state index in [0.29, 0.717) is 24.7 Å². The summed E-state index contributed by atoms with van der Waals surface area (Å²) in [6.07, 6.45) is 6.04. The van der Waals surface area contributed by atoms with Crippen LogP contribution in [0.3, 0.4) is 0 Å². The Morgan fingerprint density at radius 2 is 2.17 bits per heavy atom. The highest BCUT2D eigenvalue weighted by Crippen LogP contribution is 2.21. The fourth-order valence-corrected chi connectivity index (χ4v) is 2.36. The lowest BCUT2D eigenvalue weighted by molar-refractivity contribution is 0.289. The van der Waals surface area contributed by atoms with Crippen molar-refractivity contribution in [1.29, 1.82) is 0 Å². The van der Waals surface area contributed by atoms with E-state index in [-0.39, 0.29) is 0 Å². The van der Waals surface area contributed by atoms with Gasteiger partial charge >= 0.3 is 0 Å². The molecule has 18 heavy (non-hydrogen) atoms. The van der Waals surface area contributed by atoms with Crippen molar-refractivity contribution in [1.82, 2.24) is 20.6 Å². The van der Waals surface area contributed by atoms with E-state index in [1.165, 1.54) is 5.57 Å². The molecule has 2 atom stereocenters. The number of nitrogens with one attached hydrogen (secondary N) is 2. The zero-order valence-corrected chi connectivity index (χ0v) is 11.2. The molecule has 0 saturated carbocycles. The van der Waals surface area contributed by atoms with Gasteiger partial charge in [-0.05, 0) is 24.8 Å². The minimum absolute atomic E-state index is 0.326. The van der Waals surface area contributed by atoms with Gasteiger partial charge in [0.1, 0.15) is 5.82 Å². The molecule has 1 aromatic heterocycles. The van der Waals surface area contributed by atoms with Crippen molar-refractivity contribution in [3.8, 4) is 0 Å². The lowest BCUT2D eigenvalue weighted by atomic mass is 9.89. The number of hydrogen-bond acceptors (Lipinski definition) is 4. The van der Waals surface area contributed by atoms with Gasteiger partial charge in [0.2, 0.25) is 0 Å². The molecular formula is C14H22N4. The zero-order chi connectivity index (χ0) is 13.0. The Balaban J connectivity index is 1.85. The summed E-state index contributed by atoms with van der Waals surface area (Å²) >= 11 is 0. The first-order valence-electron chi connectivity index (χ1n) is 6.60. The summed E-state index contributed by atoms with van der Waals surface area (Å²) in [4.78, 5) is 8.43. The second-order valence-corrected chi connectivity index (χ2v) is 5.18. The summed E-state index contributed by atoms with van der Waals surface area (Å²) < 4.78 is 0. The Morgan fingerprint density at radius 3 is 2.83 bits per heavy atom. The molecule has 1 fully saturated rings. The Labute approximate surface area is 109 Å². The van der Waals surface area contributed by atoms with Gasteiger partial charge in [0.25, 0.3) is 0 Å². The van der Waals surface area contributed by atoms with E-state index in [1.54, 1.807) is 12.4 Å². The Bertz CT molecular complexity index is 388. The monoisotopic (exact) mass is 246 g/mol. The quantitative estimate of drug-likeness (QED) is 0.796. The molecule has 0 bridgehead atoms. The maximum absolute atomic E-state index is 4.21. The standard InChI is InChI=1S/C14H22N4/c1-10(2)14-11(3)5-6-12(18-14)17-9-13-15-7-4-8-16-13/h4,7-8,10,12,14,17-18H,3,5-6,9H2,1-2H3. The lowest BCUT2D eigenvalue weighted by Crippen LogP contribution is -2.52. The van der Waals surface area contributed by atoms with Crippen molar-refractivity contribution in [2.45, 2.75) is 45.4 Å². The molecule has 2 rings (SSSR count). The maximum atomic E-state index is 4.21. The van der Waals surface area contributed by atoms with Crippen LogP contribution in [-0.4, -0.2) is 22.2 Å². The summed E-state index contributed by atoms with van der Waals surface area (Å²) in [6.45, 7) is 9.31. The number of nitrogens with zero attached hydrogens (tertiary/aromatic N) is 2. The Hall–Kier alpha value is -1.26. The zero-order valence-electron chi connectivity index (χ0n) is 11.2. The summed E-state index contributed by atoms with van der Waals surface area (Å²) in [5.41, 5.74) is 1.32. The molecule has 2 unspecified atom stereocenters. The summed E-state index contributed by atoms with van der Waals surface area (Å²) in [5, 5.41) is 7.07. The second-order valence-electron chi connectivity index (χ2n) is 5.18. The van der Waals surface area contributed by atoms with Crippen LogP contribution >= 0.6 is 0 Å². The van der Waals surface area contributed by atoms with Crippen LogP contribution in [0, 0.1) is 5.92 Å². The van der Waals surface area contributed by atoms with Gasteiger partial charge in [-0.15, -0.1) is 0 Å². The minimum atomic E-state index is 0.326. The van der Waals surface area contributed by atoms with E-state index in [1.807, 2.05) is 6.07 Å². The molecule has 0 aliphatic carbocycles. The highest BCUT2D eigenvalue weighted by molar-refractivity contribution is 5.11. The van der Waals surface area contributed by atoms with Crippen molar-refractivity contribution in [2.75, 3.05) is 0 Å². The van der Waals surface area contributed by atoms with Gasteiger partial charge in [-0.25, -0.2) is 9.97 Å². The summed E-state index contributed by atoms with van der Waals surface area (Å²) in [6, 6.07) is 2.24. The minimum Gasteiger partial charge on any atom is -0.295 e. The Morgan fingerprint density at radius 1 is 1.44 bits per heavy atom. The van der Waals surface area contributed by atoms with Crippen molar-refractivity contribution >= 4 is 0 Å². The van der Waals surface area contributed by atoms with E-state index in [9.17, 15) is 0 Å². The van der Waals surface area contributed by atoms with Crippen molar-refractivity contribution in [3.63, 3.8) is 0 Å². The van der Waals surface area contributed by atoms with Crippen LogP contribution in [0.15, 0.2) is 30.6 Å². The molecule has 0 amide bonds. The van der Waals surface area contributed by atoms with E-state index < -0.39 is 0 Å². The van der Waals surface area contributed by atoms with Gasteiger partial charge in [-0.3, -0.25) is 10.6 Å². The first kappa shape index (κ1) is 13.2. The number of piperidine rings is 1. The molecule has 98 valence electrons. The molecule has 1 saturated heterocycles. The van der Waals surface area contributed by atoms with E-state index >= 15 is 0 Å². The lowest BCUT2D eigenvalue weighted by Gasteiger charge is -2.35.